The minimum Gasteiger partial charge on any atom is -0.496 e. The van der Waals surface area contributed by atoms with Gasteiger partial charge < -0.3 is 19.7 Å². The molecule has 5 nitrogen and oxygen atoms in total. The highest BCUT2D eigenvalue weighted by Gasteiger charge is 2.19. The van der Waals surface area contributed by atoms with Crippen LogP contribution in [0.3, 0.4) is 0 Å². The quantitative estimate of drug-likeness (QED) is 0.572. The van der Waals surface area contributed by atoms with Crippen LogP contribution >= 0.6 is 0 Å². The summed E-state index contributed by atoms with van der Waals surface area (Å²) >= 11 is 0. The van der Waals surface area contributed by atoms with Crippen LogP contribution in [0.5, 0.6) is 11.5 Å². The maximum Gasteiger partial charge on any atom is 0.128 e. The largest absolute Gasteiger partial charge is 0.496 e. The highest BCUT2D eigenvalue weighted by Crippen LogP contribution is 2.34. The minimum absolute atomic E-state index is 0.549. The summed E-state index contributed by atoms with van der Waals surface area (Å²) in [4.78, 5) is 6.67. The fourth-order valence-electron chi connectivity index (χ4n) is 3.74. The van der Waals surface area contributed by atoms with Crippen molar-refractivity contribution >= 4 is 17.6 Å². The van der Waals surface area contributed by atoms with Crippen molar-refractivity contribution in [3.05, 3.63) is 95.6 Å². The summed E-state index contributed by atoms with van der Waals surface area (Å²) in [5.41, 5.74) is 5.51. The summed E-state index contributed by atoms with van der Waals surface area (Å²) in [6.45, 7) is 2.05. The summed E-state index contributed by atoms with van der Waals surface area (Å²) < 4.78 is 11.2. The van der Waals surface area contributed by atoms with Gasteiger partial charge in [0.2, 0.25) is 0 Å². The molecule has 3 aromatic carbocycles. The molecule has 0 radical (unpaired) electrons. The van der Waals surface area contributed by atoms with Crippen molar-refractivity contribution < 1.29 is 9.47 Å². The van der Waals surface area contributed by atoms with E-state index in [4.69, 9.17) is 9.47 Å². The molecule has 5 heteroatoms. The van der Waals surface area contributed by atoms with Crippen LogP contribution in [-0.4, -0.2) is 27.1 Å². The Morgan fingerprint density at radius 3 is 2.45 bits per heavy atom. The molecular weight excluding hydrogens is 386 g/mol. The Bertz CT molecular complexity index is 1080. The predicted molar refractivity (Wildman–Crippen MR) is 127 cm³/mol. The van der Waals surface area contributed by atoms with Crippen LogP contribution in [0.25, 0.3) is 5.70 Å². The van der Waals surface area contributed by atoms with E-state index < -0.39 is 0 Å². The number of nitrogens with one attached hydrogen (secondary N) is 1. The average Bonchev–Trinajstić information content (AvgIpc) is 2.84. The van der Waals surface area contributed by atoms with Crippen LogP contribution in [-0.2, 0) is 13.1 Å². The number of benzene rings is 3. The number of hydrogen-bond acceptors (Lipinski definition) is 5. The number of para-hydroxylation sites is 1. The summed E-state index contributed by atoms with van der Waals surface area (Å²) in [7, 11) is 3.41. The lowest BCUT2D eigenvalue weighted by Gasteiger charge is -2.29. The summed E-state index contributed by atoms with van der Waals surface area (Å²) in [5.74, 6) is 1.71. The van der Waals surface area contributed by atoms with Crippen LogP contribution in [0, 0.1) is 0 Å². The summed E-state index contributed by atoms with van der Waals surface area (Å²) in [5, 5.41) is 3.52. The third-order valence-electron chi connectivity index (χ3n) is 5.30. The smallest absolute Gasteiger partial charge is 0.128 e. The van der Waals surface area contributed by atoms with Gasteiger partial charge in [-0.2, -0.15) is 0 Å². The normalized spacial score (nSPS) is 13.1. The molecule has 0 aliphatic carbocycles. The van der Waals surface area contributed by atoms with Crippen LogP contribution in [0.2, 0.25) is 0 Å². The number of allylic oxidation sites excluding steroid dienone is 1. The van der Waals surface area contributed by atoms with E-state index in [0.29, 0.717) is 13.2 Å². The lowest BCUT2D eigenvalue weighted by molar-refractivity contribution is 0.407. The molecule has 4 rings (SSSR count). The molecule has 3 aromatic rings. The maximum atomic E-state index is 5.62. The van der Waals surface area contributed by atoms with Gasteiger partial charge in [-0.15, -0.1) is 0 Å². The van der Waals surface area contributed by atoms with Crippen molar-refractivity contribution in [1.29, 1.82) is 0 Å². The van der Waals surface area contributed by atoms with E-state index in [1.165, 1.54) is 5.56 Å². The van der Waals surface area contributed by atoms with Gasteiger partial charge in [0.25, 0.3) is 0 Å². The standard InChI is InChI=1S/C26H27N3O2/c1-30-25-13-12-22(16-21(25)18-28-17-20-8-4-3-5-9-20)29-19-27-15-14-24(29)23-10-6-7-11-26(23)31-2/h3-16,28H,17-19H2,1-2H3. The molecule has 0 saturated carbocycles. The topological polar surface area (TPSA) is 46.1 Å². The Hall–Kier alpha value is -3.57. The molecule has 0 fully saturated rings. The number of rotatable bonds is 8. The first-order chi connectivity index (χ1) is 15.3. The molecule has 0 saturated heterocycles. The molecule has 1 aliphatic heterocycles. The first kappa shape index (κ1) is 20.7. The van der Waals surface area contributed by atoms with E-state index in [9.17, 15) is 0 Å². The van der Waals surface area contributed by atoms with E-state index >= 15 is 0 Å². The van der Waals surface area contributed by atoms with Crippen LogP contribution in [0.15, 0.2) is 83.9 Å². The molecular formula is C26H27N3O2. The SMILES string of the molecule is COc1ccc(N2CN=CC=C2c2ccccc2OC)cc1CNCc1ccccc1. The highest BCUT2D eigenvalue weighted by atomic mass is 16.5. The lowest BCUT2D eigenvalue weighted by atomic mass is 10.1. The molecule has 31 heavy (non-hydrogen) atoms. The van der Waals surface area contributed by atoms with E-state index in [-0.39, 0.29) is 0 Å². The molecule has 0 bridgehead atoms. The Labute approximate surface area is 183 Å². The molecule has 1 heterocycles. The van der Waals surface area contributed by atoms with Crippen LogP contribution in [0.1, 0.15) is 16.7 Å². The van der Waals surface area contributed by atoms with E-state index in [0.717, 1.165) is 40.6 Å². The third-order valence-corrected chi connectivity index (χ3v) is 5.30. The van der Waals surface area contributed by atoms with Crippen molar-refractivity contribution in [3.8, 4) is 11.5 Å². The van der Waals surface area contributed by atoms with Gasteiger partial charge in [0, 0.05) is 36.1 Å². The summed E-state index contributed by atoms with van der Waals surface area (Å²) in [6.07, 6.45) is 3.88. The van der Waals surface area contributed by atoms with Gasteiger partial charge in [0.05, 0.1) is 19.9 Å². The number of nitrogens with zero attached hydrogens (tertiary/aromatic N) is 2. The van der Waals surface area contributed by atoms with Gasteiger partial charge >= 0.3 is 0 Å². The second-order valence-electron chi connectivity index (χ2n) is 7.24. The molecule has 0 unspecified atom stereocenters. The first-order valence-electron chi connectivity index (χ1n) is 10.3. The van der Waals surface area contributed by atoms with Gasteiger partial charge in [-0.25, -0.2) is 0 Å². The Morgan fingerprint density at radius 2 is 1.65 bits per heavy atom. The zero-order chi connectivity index (χ0) is 21.5. The van der Waals surface area contributed by atoms with Gasteiger partial charge in [0.1, 0.15) is 18.2 Å². The van der Waals surface area contributed by atoms with Crippen molar-refractivity contribution in [2.75, 3.05) is 25.8 Å². The average molecular weight is 414 g/mol. The van der Waals surface area contributed by atoms with Gasteiger partial charge in [-0.3, -0.25) is 4.99 Å². The molecule has 0 spiro atoms. The highest BCUT2D eigenvalue weighted by molar-refractivity contribution is 5.94. The molecule has 1 aliphatic rings. The number of ether oxygens (including phenoxy) is 2. The molecule has 1 N–H and O–H groups in total. The molecule has 0 aromatic heterocycles. The Kier molecular flexibility index (Phi) is 6.65. The predicted octanol–water partition coefficient (Wildman–Crippen LogP) is 4.88. The first-order valence-corrected chi connectivity index (χ1v) is 10.3. The van der Waals surface area contributed by atoms with Gasteiger partial charge in [-0.05, 0) is 42.0 Å². The monoisotopic (exact) mass is 413 g/mol. The second kappa shape index (κ2) is 9.96. The number of anilines is 1. The van der Waals surface area contributed by atoms with Crippen molar-refractivity contribution in [2.45, 2.75) is 13.1 Å². The maximum absolute atomic E-state index is 5.62. The van der Waals surface area contributed by atoms with E-state index in [1.807, 2.05) is 42.6 Å². The minimum atomic E-state index is 0.549. The summed E-state index contributed by atoms with van der Waals surface area (Å²) in [6, 6.07) is 24.7. The molecule has 158 valence electrons. The van der Waals surface area contributed by atoms with E-state index in [1.54, 1.807) is 14.2 Å². The second-order valence-corrected chi connectivity index (χ2v) is 7.24. The molecule has 0 amide bonds. The Balaban J connectivity index is 1.59. The van der Waals surface area contributed by atoms with Crippen LogP contribution < -0.4 is 19.7 Å². The van der Waals surface area contributed by atoms with Gasteiger partial charge in [0.15, 0.2) is 0 Å². The lowest BCUT2D eigenvalue weighted by Crippen LogP contribution is -2.25. The zero-order valence-corrected chi connectivity index (χ0v) is 17.9. The third kappa shape index (κ3) is 4.78. The zero-order valence-electron chi connectivity index (χ0n) is 17.9. The number of methoxy groups -OCH3 is 2. The van der Waals surface area contributed by atoms with Crippen LogP contribution in [0.4, 0.5) is 5.69 Å². The van der Waals surface area contributed by atoms with Gasteiger partial charge in [-0.1, -0.05) is 42.5 Å². The molecule has 0 atom stereocenters. The number of hydrogen-bond donors (Lipinski definition) is 1. The fourth-order valence-corrected chi connectivity index (χ4v) is 3.74. The van der Waals surface area contributed by atoms with Crippen molar-refractivity contribution in [2.24, 2.45) is 4.99 Å². The van der Waals surface area contributed by atoms with Crippen molar-refractivity contribution in [1.82, 2.24) is 5.32 Å². The fraction of sp³-hybridized carbons (Fsp3) is 0.192. The number of aliphatic imine (C=N–C) groups is 1. The van der Waals surface area contributed by atoms with Crippen molar-refractivity contribution in [3.63, 3.8) is 0 Å². The van der Waals surface area contributed by atoms with E-state index in [2.05, 4.69) is 57.7 Å². The Morgan fingerprint density at radius 1 is 0.871 bits per heavy atom.